The first-order valence-electron chi connectivity index (χ1n) is 9.92. The molecule has 1 amide bonds. The van der Waals surface area contributed by atoms with Gasteiger partial charge in [0.2, 0.25) is 0 Å². The van der Waals surface area contributed by atoms with Gasteiger partial charge in [-0.2, -0.15) is 13.2 Å². The molecule has 2 aromatic heterocycles. The molecule has 30 heavy (non-hydrogen) atoms. The van der Waals surface area contributed by atoms with E-state index in [1.807, 2.05) is 20.8 Å². The molecule has 1 fully saturated rings. The van der Waals surface area contributed by atoms with Gasteiger partial charge in [0.25, 0.3) is 5.91 Å². The molecule has 3 heterocycles. The number of carbonyl (C=O) groups excluding carboxylic acids is 1. The van der Waals surface area contributed by atoms with E-state index in [4.69, 9.17) is 4.74 Å². The van der Waals surface area contributed by atoms with Crippen molar-refractivity contribution in [1.82, 2.24) is 14.9 Å². The van der Waals surface area contributed by atoms with Crippen LogP contribution in [-0.2, 0) is 6.18 Å². The van der Waals surface area contributed by atoms with Crippen LogP contribution in [0.1, 0.15) is 48.4 Å². The molecule has 0 saturated carbocycles. The Morgan fingerprint density at radius 2 is 2.07 bits per heavy atom. The molecule has 1 saturated heterocycles. The third-order valence-electron chi connectivity index (χ3n) is 5.17. The molecule has 9 heteroatoms. The second-order valence-electron chi connectivity index (χ2n) is 7.29. The topological polar surface area (TPSA) is 67.3 Å². The monoisotopic (exact) mass is 422 g/mol. The number of piperidine rings is 1. The summed E-state index contributed by atoms with van der Waals surface area (Å²) < 4.78 is 43.8. The number of halogens is 3. The summed E-state index contributed by atoms with van der Waals surface area (Å²) in [6.45, 7) is 6.56. The highest BCUT2D eigenvalue weighted by atomic mass is 19.4. The van der Waals surface area contributed by atoms with Gasteiger partial charge < -0.3 is 15.0 Å². The largest absolute Gasteiger partial charge is 0.491 e. The lowest BCUT2D eigenvalue weighted by atomic mass is 9.96. The van der Waals surface area contributed by atoms with Crippen LogP contribution >= 0.6 is 0 Å². The zero-order valence-corrected chi connectivity index (χ0v) is 17.2. The fourth-order valence-electron chi connectivity index (χ4n) is 3.56. The number of likely N-dealkylation sites (tertiary alicyclic amines) is 1. The van der Waals surface area contributed by atoms with Gasteiger partial charge in [0.1, 0.15) is 5.82 Å². The maximum Gasteiger partial charge on any atom is 0.417 e. The van der Waals surface area contributed by atoms with Crippen molar-refractivity contribution in [1.29, 1.82) is 0 Å². The fraction of sp³-hybridized carbons (Fsp3) is 0.476. The zero-order chi connectivity index (χ0) is 21.9. The van der Waals surface area contributed by atoms with Crippen LogP contribution in [0.25, 0.3) is 0 Å². The van der Waals surface area contributed by atoms with Crippen molar-refractivity contribution in [3.05, 3.63) is 47.4 Å². The molecule has 3 rings (SSSR count). The molecule has 2 aromatic rings. The Labute approximate surface area is 173 Å². The minimum Gasteiger partial charge on any atom is -0.491 e. The van der Waals surface area contributed by atoms with E-state index in [0.717, 1.165) is 30.8 Å². The number of alkyl halides is 3. The van der Waals surface area contributed by atoms with E-state index < -0.39 is 11.7 Å². The third kappa shape index (κ3) is 4.83. The van der Waals surface area contributed by atoms with Gasteiger partial charge >= 0.3 is 6.18 Å². The highest BCUT2D eigenvalue weighted by Crippen LogP contribution is 2.30. The third-order valence-corrected chi connectivity index (χ3v) is 5.17. The van der Waals surface area contributed by atoms with Crippen LogP contribution in [0.4, 0.5) is 19.0 Å². The predicted molar refractivity (Wildman–Crippen MR) is 107 cm³/mol. The van der Waals surface area contributed by atoms with Gasteiger partial charge in [0, 0.05) is 30.5 Å². The van der Waals surface area contributed by atoms with E-state index in [1.165, 1.54) is 6.07 Å². The van der Waals surface area contributed by atoms with E-state index >= 15 is 0 Å². The molecular formula is C21H25F3N4O2. The second-order valence-corrected chi connectivity index (χ2v) is 7.29. The summed E-state index contributed by atoms with van der Waals surface area (Å²) in [5.41, 5.74) is 0.197. The predicted octanol–water partition coefficient (Wildman–Crippen LogP) is 4.31. The lowest BCUT2D eigenvalue weighted by Crippen LogP contribution is -2.52. The van der Waals surface area contributed by atoms with Gasteiger partial charge in [-0.05, 0) is 57.9 Å². The average molecular weight is 422 g/mol. The number of rotatable bonds is 5. The minimum absolute atomic E-state index is 0.146. The van der Waals surface area contributed by atoms with E-state index in [1.54, 1.807) is 17.0 Å². The van der Waals surface area contributed by atoms with Gasteiger partial charge in [-0.15, -0.1) is 0 Å². The molecule has 0 aromatic carbocycles. The molecule has 6 nitrogen and oxygen atoms in total. The van der Waals surface area contributed by atoms with E-state index in [-0.39, 0.29) is 23.7 Å². The van der Waals surface area contributed by atoms with Gasteiger partial charge in [-0.3, -0.25) is 4.79 Å². The van der Waals surface area contributed by atoms with Crippen molar-refractivity contribution in [3.8, 4) is 5.75 Å². The molecular weight excluding hydrogens is 397 g/mol. The summed E-state index contributed by atoms with van der Waals surface area (Å²) in [5.74, 6) is 0.569. The number of aromatic nitrogens is 2. The lowest BCUT2D eigenvalue weighted by molar-refractivity contribution is -0.137. The summed E-state index contributed by atoms with van der Waals surface area (Å²) in [6.07, 6.45) is -2.09. The number of hydrogen-bond donors (Lipinski definition) is 1. The molecule has 0 bridgehead atoms. The Morgan fingerprint density at radius 3 is 2.70 bits per heavy atom. The Bertz CT molecular complexity index is 887. The van der Waals surface area contributed by atoms with Crippen molar-refractivity contribution < 1.29 is 22.7 Å². The van der Waals surface area contributed by atoms with Crippen LogP contribution in [0.5, 0.6) is 5.75 Å². The van der Waals surface area contributed by atoms with Crippen LogP contribution in [-0.4, -0.2) is 46.0 Å². The molecule has 2 atom stereocenters. The Morgan fingerprint density at radius 1 is 1.30 bits per heavy atom. The number of nitrogens with one attached hydrogen (secondary N) is 1. The van der Waals surface area contributed by atoms with Crippen LogP contribution in [0.2, 0.25) is 0 Å². The molecule has 1 unspecified atom stereocenters. The van der Waals surface area contributed by atoms with Crippen molar-refractivity contribution >= 4 is 11.7 Å². The first kappa shape index (κ1) is 21.9. The second kappa shape index (κ2) is 8.89. The number of carbonyl (C=O) groups is 1. The molecule has 0 radical (unpaired) electrons. The summed E-state index contributed by atoms with van der Waals surface area (Å²) in [4.78, 5) is 23.2. The quantitative estimate of drug-likeness (QED) is 0.778. The van der Waals surface area contributed by atoms with Gasteiger partial charge in [-0.25, -0.2) is 9.97 Å². The van der Waals surface area contributed by atoms with Crippen LogP contribution in [0, 0.1) is 6.92 Å². The zero-order valence-electron chi connectivity index (χ0n) is 17.2. The van der Waals surface area contributed by atoms with Gasteiger partial charge in [-0.1, -0.05) is 0 Å². The summed E-state index contributed by atoms with van der Waals surface area (Å²) in [6, 6.07) is 5.50. The highest BCUT2D eigenvalue weighted by Gasteiger charge is 2.34. The van der Waals surface area contributed by atoms with Crippen molar-refractivity contribution in [2.45, 2.75) is 51.9 Å². The normalized spacial score (nSPS) is 19.5. The van der Waals surface area contributed by atoms with Crippen LogP contribution < -0.4 is 10.1 Å². The Hall–Kier alpha value is -2.84. The molecule has 0 spiro atoms. The molecule has 1 aliphatic rings. The molecule has 1 N–H and O–H groups in total. The average Bonchev–Trinajstić information content (AvgIpc) is 2.70. The smallest absolute Gasteiger partial charge is 0.417 e. The van der Waals surface area contributed by atoms with Crippen LogP contribution in [0.3, 0.4) is 0 Å². The number of anilines is 1. The lowest BCUT2D eigenvalue weighted by Gasteiger charge is -2.40. The summed E-state index contributed by atoms with van der Waals surface area (Å²) in [5, 5.41) is 3.17. The number of aryl methyl sites for hydroxylation is 1. The van der Waals surface area contributed by atoms with E-state index in [2.05, 4.69) is 15.3 Å². The molecule has 1 aliphatic heterocycles. The maximum atomic E-state index is 13.2. The molecule has 162 valence electrons. The van der Waals surface area contributed by atoms with E-state index in [0.29, 0.717) is 24.7 Å². The standard InChI is InChI=1S/C21H25F3N4O2/c1-4-30-17-9-7-13(2)26-19(17)20(29)28-11-5-6-16(14(28)3)27-18-10-8-15(12-25-18)21(22,23)24/h7-10,12,14,16H,4-6,11H2,1-3H3,(H,25,27)/t14-,16?/m0/s1. The number of amides is 1. The van der Waals surface area contributed by atoms with Crippen molar-refractivity contribution in [3.63, 3.8) is 0 Å². The first-order valence-corrected chi connectivity index (χ1v) is 9.92. The van der Waals surface area contributed by atoms with Gasteiger partial charge in [0.05, 0.1) is 12.2 Å². The van der Waals surface area contributed by atoms with E-state index in [9.17, 15) is 18.0 Å². The van der Waals surface area contributed by atoms with Gasteiger partial charge in [0.15, 0.2) is 11.4 Å². The number of nitrogens with zero attached hydrogens (tertiary/aromatic N) is 3. The van der Waals surface area contributed by atoms with Crippen molar-refractivity contribution in [2.24, 2.45) is 0 Å². The fourth-order valence-corrected chi connectivity index (χ4v) is 3.56. The minimum atomic E-state index is -4.42. The molecule has 0 aliphatic carbocycles. The SMILES string of the molecule is CCOc1ccc(C)nc1C(=O)N1CCCC(Nc2ccc(C(F)(F)F)cn2)[C@@H]1C. The Kier molecular flexibility index (Phi) is 6.48. The Balaban J connectivity index is 1.76. The summed E-state index contributed by atoms with van der Waals surface area (Å²) >= 11 is 0. The summed E-state index contributed by atoms with van der Waals surface area (Å²) in [7, 11) is 0. The van der Waals surface area contributed by atoms with Crippen molar-refractivity contribution in [2.75, 3.05) is 18.5 Å². The van der Waals surface area contributed by atoms with Crippen LogP contribution in [0.15, 0.2) is 30.5 Å². The highest BCUT2D eigenvalue weighted by molar-refractivity contribution is 5.95. The number of ether oxygens (including phenoxy) is 1. The number of pyridine rings is 2. The maximum absolute atomic E-state index is 13.2. The number of hydrogen-bond acceptors (Lipinski definition) is 5. The first-order chi connectivity index (χ1) is 14.2.